The lowest BCUT2D eigenvalue weighted by molar-refractivity contribution is -0.138. The van der Waals surface area contributed by atoms with Crippen LogP contribution < -0.4 is 10.6 Å². The molecule has 0 bridgehead atoms. The number of hydrogen-bond donors (Lipinski definition) is 3. The van der Waals surface area contributed by atoms with Gasteiger partial charge in [0.05, 0.1) is 6.42 Å². The molecule has 0 heterocycles. The number of anilines is 2. The zero-order chi connectivity index (χ0) is 15.1. The average molecular weight is 284 g/mol. The molecule has 5 heteroatoms. The number of rotatable bonds is 6. The topological polar surface area (TPSA) is 78.4 Å². The second-order valence-electron chi connectivity index (χ2n) is 4.52. The van der Waals surface area contributed by atoms with Gasteiger partial charge in [-0.25, -0.2) is 0 Å². The fourth-order valence-electron chi connectivity index (χ4n) is 1.87. The Labute approximate surface area is 122 Å². The normalized spacial score (nSPS) is 11.4. The Kier molecular flexibility index (Phi) is 4.93. The predicted molar refractivity (Wildman–Crippen MR) is 81.2 cm³/mol. The minimum Gasteiger partial charge on any atom is -0.481 e. The first-order valence-corrected chi connectivity index (χ1v) is 6.54. The fourth-order valence-corrected chi connectivity index (χ4v) is 1.87. The van der Waals surface area contributed by atoms with E-state index in [1.165, 1.54) is 0 Å². The van der Waals surface area contributed by atoms with Gasteiger partial charge in [0, 0.05) is 11.4 Å². The fraction of sp³-hybridized carbons (Fsp3) is 0.125. The van der Waals surface area contributed by atoms with Gasteiger partial charge in [-0.3, -0.25) is 9.59 Å². The van der Waals surface area contributed by atoms with Gasteiger partial charge in [-0.1, -0.05) is 36.4 Å². The third-order valence-electron chi connectivity index (χ3n) is 2.85. The number of carboxylic acid groups (broad SMARTS) is 1. The predicted octanol–water partition coefficient (Wildman–Crippen LogP) is 2.58. The molecule has 0 saturated carbocycles. The summed E-state index contributed by atoms with van der Waals surface area (Å²) in [4.78, 5) is 23.2. The smallest absolute Gasteiger partial charge is 0.305 e. The second-order valence-corrected chi connectivity index (χ2v) is 4.52. The first-order valence-electron chi connectivity index (χ1n) is 6.54. The Bertz CT molecular complexity index is 599. The molecule has 2 aromatic rings. The van der Waals surface area contributed by atoms with Crippen LogP contribution in [0.2, 0.25) is 0 Å². The summed E-state index contributed by atoms with van der Waals surface area (Å²) in [6.07, 6.45) is -0.298. The molecule has 5 nitrogen and oxygen atoms in total. The van der Waals surface area contributed by atoms with Crippen molar-refractivity contribution in [3.63, 3.8) is 0 Å². The number of hydrogen-bond acceptors (Lipinski definition) is 3. The molecule has 3 N–H and O–H groups in total. The van der Waals surface area contributed by atoms with Gasteiger partial charge in [-0.15, -0.1) is 0 Å². The minimum atomic E-state index is -1.04. The summed E-state index contributed by atoms with van der Waals surface area (Å²) in [6.45, 7) is 0. The largest absolute Gasteiger partial charge is 0.481 e. The molecule has 2 aromatic carbocycles. The van der Waals surface area contributed by atoms with E-state index >= 15 is 0 Å². The number of benzene rings is 2. The molecule has 1 unspecified atom stereocenters. The van der Waals surface area contributed by atoms with Crippen LogP contribution >= 0.6 is 0 Å². The van der Waals surface area contributed by atoms with E-state index in [0.29, 0.717) is 11.4 Å². The van der Waals surface area contributed by atoms with Crippen molar-refractivity contribution in [2.75, 3.05) is 10.6 Å². The lowest BCUT2D eigenvalue weighted by Crippen LogP contribution is -2.36. The Morgan fingerprint density at radius 3 is 1.95 bits per heavy atom. The summed E-state index contributed by atoms with van der Waals surface area (Å²) in [5, 5.41) is 14.6. The highest BCUT2D eigenvalue weighted by molar-refractivity contribution is 5.98. The zero-order valence-corrected chi connectivity index (χ0v) is 11.3. The van der Waals surface area contributed by atoms with E-state index in [-0.39, 0.29) is 12.3 Å². The van der Waals surface area contributed by atoms with Crippen molar-refractivity contribution in [2.24, 2.45) is 0 Å². The molecular formula is C16H16N2O3. The van der Waals surface area contributed by atoms with Crippen LogP contribution in [0.15, 0.2) is 60.7 Å². The summed E-state index contributed by atoms with van der Waals surface area (Å²) >= 11 is 0. The van der Waals surface area contributed by atoms with Crippen LogP contribution in [0, 0.1) is 0 Å². The summed E-state index contributed by atoms with van der Waals surface area (Å²) in [5.41, 5.74) is 1.33. The van der Waals surface area contributed by atoms with Crippen LogP contribution in [0.1, 0.15) is 6.42 Å². The number of carbonyl (C=O) groups excluding carboxylic acids is 1. The minimum absolute atomic E-state index is 0.298. The van der Waals surface area contributed by atoms with E-state index in [0.717, 1.165) is 0 Å². The van der Waals surface area contributed by atoms with Crippen LogP contribution in [0.3, 0.4) is 0 Å². The quantitative estimate of drug-likeness (QED) is 0.762. The lowest BCUT2D eigenvalue weighted by atomic mass is 10.1. The molecule has 1 amide bonds. The lowest BCUT2D eigenvalue weighted by Gasteiger charge is -2.18. The van der Waals surface area contributed by atoms with Crippen molar-refractivity contribution in [1.29, 1.82) is 0 Å². The number of carboxylic acids is 1. The molecule has 0 aliphatic rings. The van der Waals surface area contributed by atoms with Crippen LogP contribution in [0.4, 0.5) is 11.4 Å². The SMILES string of the molecule is O=C(O)CC(Nc1ccccc1)C(=O)Nc1ccccc1. The molecule has 0 aliphatic heterocycles. The molecule has 0 fully saturated rings. The van der Waals surface area contributed by atoms with Gasteiger partial charge in [0.15, 0.2) is 0 Å². The molecule has 0 aliphatic carbocycles. The van der Waals surface area contributed by atoms with Crippen molar-refractivity contribution >= 4 is 23.3 Å². The highest BCUT2D eigenvalue weighted by Crippen LogP contribution is 2.12. The summed E-state index contributed by atoms with van der Waals surface area (Å²) in [6, 6.07) is 17.1. The van der Waals surface area contributed by atoms with Crippen LogP contribution in [0.5, 0.6) is 0 Å². The molecule has 0 radical (unpaired) electrons. The zero-order valence-electron chi connectivity index (χ0n) is 11.3. The average Bonchev–Trinajstić information content (AvgIpc) is 2.48. The van der Waals surface area contributed by atoms with Crippen LogP contribution in [-0.2, 0) is 9.59 Å². The molecule has 1 atom stereocenters. The Balaban J connectivity index is 2.08. The summed E-state index contributed by atoms with van der Waals surface area (Å²) < 4.78 is 0. The number of amides is 1. The summed E-state index contributed by atoms with van der Waals surface area (Å²) in [5.74, 6) is -1.42. The van der Waals surface area contributed by atoms with E-state index < -0.39 is 12.0 Å². The number of carbonyl (C=O) groups is 2. The monoisotopic (exact) mass is 284 g/mol. The maximum atomic E-state index is 12.2. The van der Waals surface area contributed by atoms with Gasteiger partial charge in [0.2, 0.25) is 5.91 Å². The molecule has 0 aromatic heterocycles. The highest BCUT2D eigenvalue weighted by Gasteiger charge is 2.21. The summed E-state index contributed by atoms with van der Waals surface area (Å²) in [7, 11) is 0. The molecule has 21 heavy (non-hydrogen) atoms. The maximum absolute atomic E-state index is 12.2. The van der Waals surface area contributed by atoms with Gasteiger partial charge >= 0.3 is 5.97 Å². The molecular weight excluding hydrogens is 268 g/mol. The van der Waals surface area contributed by atoms with Crippen molar-refractivity contribution in [2.45, 2.75) is 12.5 Å². The molecule has 0 spiro atoms. The van der Waals surface area contributed by atoms with E-state index in [2.05, 4.69) is 10.6 Å². The van der Waals surface area contributed by atoms with E-state index in [4.69, 9.17) is 5.11 Å². The van der Waals surface area contributed by atoms with Crippen molar-refractivity contribution in [3.8, 4) is 0 Å². The van der Waals surface area contributed by atoms with E-state index in [1.54, 1.807) is 36.4 Å². The number of para-hydroxylation sites is 2. The first-order chi connectivity index (χ1) is 10.1. The Morgan fingerprint density at radius 1 is 0.905 bits per heavy atom. The Hall–Kier alpha value is -2.82. The third-order valence-corrected chi connectivity index (χ3v) is 2.85. The standard InChI is InChI=1S/C16H16N2O3/c19-15(20)11-14(17-12-7-3-1-4-8-12)16(21)18-13-9-5-2-6-10-13/h1-10,14,17H,11H2,(H,18,21)(H,19,20). The molecule has 0 saturated heterocycles. The van der Waals surface area contributed by atoms with Crippen LogP contribution in [-0.4, -0.2) is 23.0 Å². The second kappa shape index (κ2) is 7.09. The molecule has 2 rings (SSSR count). The maximum Gasteiger partial charge on any atom is 0.305 e. The third kappa shape index (κ3) is 4.65. The molecule has 108 valence electrons. The van der Waals surface area contributed by atoms with Gasteiger partial charge in [0.25, 0.3) is 0 Å². The highest BCUT2D eigenvalue weighted by atomic mass is 16.4. The van der Waals surface area contributed by atoms with Gasteiger partial charge in [0.1, 0.15) is 6.04 Å². The van der Waals surface area contributed by atoms with E-state index in [9.17, 15) is 9.59 Å². The van der Waals surface area contributed by atoms with Crippen LogP contribution in [0.25, 0.3) is 0 Å². The van der Waals surface area contributed by atoms with Crippen molar-refractivity contribution < 1.29 is 14.7 Å². The first kappa shape index (κ1) is 14.6. The number of aliphatic carboxylic acids is 1. The van der Waals surface area contributed by atoms with Gasteiger partial charge in [-0.2, -0.15) is 0 Å². The van der Waals surface area contributed by atoms with E-state index in [1.807, 2.05) is 24.3 Å². The van der Waals surface area contributed by atoms with Crippen molar-refractivity contribution in [3.05, 3.63) is 60.7 Å². The van der Waals surface area contributed by atoms with Gasteiger partial charge < -0.3 is 15.7 Å². The van der Waals surface area contributed by atoms with Crippen molar-refractivity contribution in [1.82, 2.24) is 0 Å². The Morgan fingerprint density at radius 2 is 1.43 bits per heavy atom. The van der Waals surface area contributed by atoms with Gasteiger partial charge in [-0.05, 0) is 24.3 Å². The number of nitrogens with one attached hydrogen (secondary N) is 2.